The smallest absolute Gasteiger partial charge is 0.269 e. The highest BCUT2D eigenvalue weighted by Gasteiger charge is 2.36. The van der Waals surface area contributed by atoms with Crippen LogP contribution in [0.3, 0.4) is 0 Å². The molecule has 0 aliphatic carbocycles. The number of hydrogen-bond donors (Lipinski definition) is 0. The minimum absolute atomic E-state index is 0.0133. The molecule has 0 aromatic heterocycles. The number of ether oxygens (including phenoxy) is 1. The van der Waals surface area contributed by atoms with Crippen molar-refractivity contribution in [3.63, 3.8) is 0 Å². The number of carbonyl (C=O) groups excluding carboxylic acids is 1. The Kier molecular flexibility index (Phi) is 5.99. The third-order valence-corrected chi connectivity index (χ3v) is 6.12. The lowest BCUT2D eigenvalue weighted by molar-refractivity contribution is -0.384. The number of rotatable bonds is 7. The van der Waals surface area contributed by atoms with Gasteiger partial charge in [-0.15, -0.1) is 0 Å². The first kappa shape index (κ1) is 19.2. The van der Waals surface area contributed by atoms with Crippen LogP contribution in [0.2, 0.25) is 0 Å². The monoisotopic (exact) mass is 370 g/mol. The first-order valence-corrected chi connectivity index (χ1v) is 9.94. The Bertz CT molecular complexity index is 731. The summed E-state index contributed by atoms with van der Waals surface area (Å²) in [6.45, 7) is 3.58. The molecule has 1 aliphatic rings. The lowest BCUT2D eigenvalue weighted by atomic mass is 10.1. The van der Waals surface area contributed by atoms with E-state index in [9.17, 15) is 23.3 Å². The number of hydrogen-bond acceptors (Lipinski definition) is 6. The van der Waals surface area contributed by atoms with E-state index in [1.54, 1.807) is 4.90 Å². The molecule has 1 heterocycles. The van der Waals surface area contributed by atoms with Crippen LogP contribution in [0, 0.1) is 10.1 Å². The van der Waals surface area contributed by atoms with E-state index in [1.165, 1.54) is 24.3 Å². The number of sulfone groups is 1. The van der Waals surface area contributed by atoms with Crippen molar-refractivity contribution in [2.24, 2.45) is 0 Å². The maximum absolute atomic E-state index is 12.6. The zero-order valence-corrected chi connectivity index (χ0v) is 15.1. The molecule has 0 unspecified atom stereocenters. The number of carbonyl (C=O) groups is 1. The van der Waals surface area contributed by atoms with Crippen LogP contribution in [0.4, 0.5) is 5.69 Å². The average Bonchev–Trinajstić information content (AvgIpc) is 2.92. The predicted octanol–water partition coefficient (Wildman–Crippen LogP) is 1.79. The van der Waals surface area contributed by atoms with Crippen LogP contribution in [0.5, 0.6) is 5.75 Å². The molecule has 1 aromatic rings. The van der Waals surface area contributed by atoms with Gasteiger partial charge in [0.25, 0.3) is 11.6 Å². The Morgan fingerprint density at radius 1 is 1.40 bits per heavy atom. The number of amides is 1. The molecule has 0 N–H and O–H groups in total. The van der Waals surface area contributed by atoms with Gasteiger partial charge in [-0.25, -0.2) is 8.42 Å². The van der Waals surface area contributed by atoms with Crippen LogP contribution < -0.4 is 4.74 Å². The summed E-state index contributed by atoms with van der Waals surface area (Å²) in [6.07, 6.45) is 1.15. The highest BCUT2D eigenvalue weighted by Crippen LogP contribution is 2.22. The summed E-state index contributed by atoms with van der Waals surface area (Å²) in [5.41, 5.74) is -0.0592. The lowest BCUT2D eigenvalue weighted by Gasteiger charge is -2.33. The number of nitro groups is 1. The number of non-ortho nitro benzene ring substituents is 1. The van der Waals surface area contributed by atoms with Gasteiger partial charge >= 0.3 is 0 Å². The lowest BCUT2D eigenvalue weighted by Crippen LogP contribution is -2.48. The molecule has 0 spiro atoms. The van der Waals surface area contributed by atoms with E-state index >= 15 is 0 Å². The zero-order valence-electron chi connectivity index (χ0n) is 14.3. The zero-order chi connectivity index (χ0) is 18.6. The second kappa shape index (κ2) is 7.81. The standard InChI is InChI=1S/C16H22N2O6S/c1-3-12(2)17(14-8-9-25(22,23)11-14)16(19)10-24-15-6-4-13(5-7-15)18(20)21/h4-7,12,14H,3,8-11H2,1-2H3/t12-,14+/m0/s1. The third-order valence-electron chi connectivity index (χ3n) is 4.37. The van der Waals surface area contributed by atoms with Gasteiger partial charge in [-0.05, 0) is 31.9 Å². The molecule has 25 heavy (non-hydrogen) atoms. The van der Waals surface area contributed by atoms with Crippen molar-refractivity contribution in [2.75, 3.05) is 18.1 Å². The van der Waals surface area contributed by atoms with Gasteiger partial charge in [0.15, 0.2) is 16.4 Å². The highest BCUT2D eigenvalue weighted by atomic mass is 32.2. The van der Waals surface area contributed by atoms with Gasteiger partial charge in [-0.2, -0.15) is 0 Å². The quantitative estimate of drug-likeness (QED) is 0.535. The maximum Gasteiger partial charge on any atom is 0.269 e. The fourth-order valence-corrected chi connectivity index (χ4v) is 4.60. The van der Waals surface area contributed by atoms with E-state index in [2.05, 4.69) is 0 Å². The minimum Gasteiger partial charge on any atom is -0.484 e. The largest absolute Gasteiger partial charge is 0.484 e. The first-order chi connectivity index (χ1) is 11.7. The Labute approximate surface area is 146 Å². The van der Waals surface area contributed by atoms with E-state index in [-0.39, 0.29) is 41.8 Å². The molecule has 1 aliphatic heterocycles. The van der Waals surface area contributed by atoms with Crippen LogP contribution in [0.1, 0.15) is 26.7 Å². The summed E-state index contributed by atoms with van der Waals surface area (Å²) < 4.78 is 28.9. The molecule has 1 aromatic carbocycles. The van der Waals surface area contributed by atoms with Gasteiger partial charge < -0.3 is 9.64 Å². The van der Waals surface area contributed by atoms with Gasteiger partial charge in [-0.3, -0.25) is 14.9 Å². The molecule has 0 saturated carbocycles. The molecule has 138 valence electrons. The van der Waals surface area contributed by atoms with Crippen molar-refractivity contribution >= 4 is 21.4 Å². The normalized spacial score (nSPS) is 20.0. The molecule has 1 fully saturated rings. The fraction of sp³-hybridized carbons (Fsp3) is 0.562. The first-order valence-electron chi connectivity index (χ1n) is 8.12. The average molecular weight is 370 g/mol. The van der Waals surface area contributed by atoms with Crippen LogP contribution in [0.15, 0.2) is 24.3 Å². The summed E-state index contributed by atoms with van der Waals surface area (Å²) in [4.78, 5) is 24.3. The SMILES string of the molecule is CC[C@H](C)N(C(=O)COc1ccc([N+](=O)[O-])cc1)[C@@H]1CCS(=O)(=O)C1. The van der Waals surface area contributed by atoms with Gasteiger partial charge in [-0.1, -0.05) is 6.92 Å². The Morgan fingerprint density at radius 3 is 2.52 bits per heavy atom. The van der Waals surface area contributed by atoms with E-state index in [1.807, 2.05) is 13.8 Å². The number of nitro benzene ring substituents is 1. The van der Waals surface area contributed by atoms with Crippen molar-refractivity contribution in [3.05, 3.63) is 34.4 Å². The molecular weight excluding hydrogens is 348 g/mol. The molecule has 0 radical (unpaired) electrons. The van der Waals surface area contributed by atoms with Crippen molar-refractivity contribution in [3.8, 4) is 5.75 Å². The fourth-order valence-electron chi connectivity index (χ4n) is 2.88. The second-order valence-corrected chi connectivity index (χ2v) is 8.38. The molecule has 0 bridgehead atoms. The minimum atomic E-state index is -3.09. The van der Waals surface area contributed by atoms with Crippen LogP contribution >= 0.6 is 0 Å². The van der Waals surface area contributed by atoms with Gasteiger partial charge in [0.05, 0.1) is 16.4 Å². The number of benzene rings is 1. The summed E-state index contributed by atoms with van der Waals surface area (Å²) >= 11 is 0. The Hall–Kier alpha value is -2.16. The molecule has 1 saturated heterocycles. The summed E-state index contributed by atoms with van der Waals surface area (Å²) in [5, 5.41) is 10.6. The third kappa shape index (κ3) is 4.91. The molecule has 9 heteroatoms. The van der Waals surface area contributed by atoms with E-state index in [0.29, 0.717) is 18.6 Å². The highest BCUT2D eigenvalue weighted by molar-refractivity contribution is 7.91. The summed E-state index contributed by atoms with van der Waals surface area (Å²) in [6, 6.07) is 5.04. The summed E-state index contributed by atoms with van der Waals surface area (Å²) in [5.74, 6) is 0.152. The van der Waals surface area contributed by atoms with Crippen molar-refractivity contribution in [1.82, 2.24) is 4.90 Å². The summed E-state index contributed by atoms with van der Waals surface area (Å²) in [7, 11) is -3.09. The Balaban J connectivity index is 2.03. The van der Waals surface area contributed by atoms with Crippen molar-refractivity contribution < 1.29 is 22.9 Å². The van der Waals surface area contributed by atoms with Crippen molar-refractivity contribution in [1.29, 1.82) is 0 Å². The van der Waals surface area contributed by atoms with Crippen molar-refractivity contribution in [2.45, 2.75) is 38.8 Å². The van der Waals surface area contributed by atoms with E-state index in [0.717, 1.165) is 0 Å². The van der Waals surface area contributed by atoms with Gasteiger partial charge in [0.1, 0.15) is 5.75 Å². The molecule has 2 atom stereocenters. The predicted molar refractivity (Wildman–Crippen MR) is 92.2 cm³/mol. The second-order valence-electron chi connectivity index (χ2n) is 6.15. The maximum atomic E-state index is 12.6. The molecule has 1 amide bonds. The van der Waals surface area contributed by atoms with E-state index < -0.39 is 14.8 Å². The van der Waals surface area contributed by atoms with E-state index in [4.69, 9.17) is 4.74 Å². The van der Waals surface area contributed by atoms with Crippen LogP contribution in [-0.2, 0) is 14.6 Å². The molecule has 2 rings (SSSR count). The van der Waals surface area contributed by atoms with Crippen LogP contribution in [-0.4, -0.2) is 54.3 Å². The van der Waals surface area contributed by atoms with Gasteiger partial charge in [0, 0.05) is 24.2 Å². The molecular formula is C16H22N2O6S. The van der Waals surface area contributed by atoms with Gasteiger partial charge in [0.2, 0.25) is 0 Å². The van der Waals surface area contributed by atoms with Crippen LogP contribution in [0.25, 0.3) is 0 Å². The Morgan fingerprint density at radius 2 is 2.04 bits per heavy atom. The number of nitrogens with zero attached hydrogens (tertiary/aromatic N) is 2. The topological polar surface area (TPSA) is 107 Å². The molecule has 8 nitrogen and oxygen atoms in total.